The topological polar surface area (TPSA) is 60.9 Å². The van der Waals surface area contributed by atoms with Crippen molar-refractivity contribution < 1.29 is 4.79 Å². The molecule has 72 valence electrons. The third-order valence-electron chi connectivity index (χ3n) is 1.81. The number of carbonyl (C=O) groups is 1. The van der Waals surface area contributed by atoms with Crippen molar-refractivity contribution in [2.45, 2.75) is 32.7 Å². The molecule has 0 aliphatic rings. The number of amides is 1. The first-order chi connectivity index (χ1) is 6.22. The Labute approximate surface area is 77.8 Å². The molecule has 0 radical (unpaired) electrons. The lowest BCUT2D eigenvalue weighted by Crippen LogP contribution is -2.13. The summed E-state index contributed by atoms with van der Waals surface area (Å²) in [6.45, 7) is 3.10. The van der Waals surface area contributed by atoms with E-state index in [1.165, 1.54) is 0 Å². The van der Waals surface area contributed by atoms with Crippen LogP contribution in [0.4, 0.5) is 0 Å². The average Bonchev–Trinajstić information content (AvgIpc) is 2.48. The van der Waals surface area contributed by atoms with E-state index >= 15 is 0 Å². The third-order valence-corrected chi connectivity index (χ3v) is 1.81. The van der Waals surface area contributed by atoms with E-state index in [0.717, 1.165) is 25.1 Å². The highest BCUT2D eigenvalue weighted by Gasteiger charge is 2.01. The molecule has 1 rings (SSSR count). The Kier molecular flexibility index (Phi) is 3.49. The minimum Gasteiger partial charge on any atom is -0.369 e. The highest BCUT2D eigenvalue weighted by molar-refractivity contribution is 5.75. The van der Waals surface area contributed by atoms with Crippen LogP contribution in [-0.4, -0.2) is 15.5 Å². The van der Waals surface area contributed by atoms with E-state index in [9.17, 15) is 4.79 Å². The molecule has 0 aliphatic carbocycles. The van der Waals surface area contributed by atoms with Gasteiger partial charge in [-0.15, -0.1) is 0 Å². The van der Waals surface area contributed by atoms with Crippen LogP contribution in [0, 0.1) is 0 Å². The second-order valence-electron chi connectivity index (χ2n) is 3.10. The fourth-order valence-electron chi connectivity index (χ4n) is 1.14. The minimum atomic E-state index is -0.333. The smallest absolute Gasteiger partial charge is 0.223 e. The number of rotatable bonds is 5. The van der Waals surface area contributed by atoms with Crippen LogP contribution in [0.25, 0.3) is 0 Å². The normalized spacial score (nSPS) is 10.2. The first-order valence-corrected chi connectivity index (χ1v) is 4.51. The molecule has 0 atom stereocenters. The molecule has 1 heterocycles. The number of nitrogens with zero attached hydrogens (tertiary/aromatic N) is 2. The number of primary amides is 1. The van der Waals surface area contributed by atoms with Gasteiger partial charge in [-0.25, -0.2) is 4.98 Å². The molecular formula is C9H15N3O. The van der Waals surface area contributed by atoms with Crippen molar-refractivity contribution in [3.8, 4) is 0 Å². The van der Waals surface area contributed by atoms with Crippen molar-refractivity contribution in [3.63, 3.8) is 0 Å². The van der Waals surface area contributed by atoms with Gasteiger partial charge in [-0.2, -0.15) is 0 Å². The number of imidazole rings is 1. The lowest BCUT2D eigenvalue weighted by molar-refractivity contribution is -0.117. The molecule has 0 spiro atoms. The summed E-state index contributed by atoms with van der Waals surface area (Å²) in [5, 5.41) is 0. The number of carbonyl (C=O) groups excluding carboxylic acids is 1. The zero-order chi connectivity index (χ0) is 9.68. The van der Waals surface area contributed by atoms with Gasteiger partial charge < -0.3 is 10.3 Å². The van der Waals surface area contributed by atoms with Crippen molar-refractivity contribution in [1.29, 1.82) is 0 Å². The van der Waals surface area contributed by atoms with Gasteiger partial charge in [-0.1, -0.05) is 13.3 Å². The third kappa shape index (κ3) is 3.27. The fourth-order valence-corrected chi connectivity index (χ4v) is 1.14. The van der Waals surface area contributed by atoms with Crippen LogP contribution in [0.2, 0.25) is 0 Å². The van der Waals surface area contributed by atoms with Gasteiger partial charge >= 0.3 is 0 Å². The van der Waals surface area contributed by atoms with Crippen LogP contribution in [0.3, 0.4) is 0 Å². The SMILES string of the molecule is CCCCn1cnc(CC(N)=O)c1. The predicted octanol–water partition coefficient (Wildman–Crippen LogP) is 0.711. The van der Waals surface area contributed by atoms with Crippen LogP contribution in [0.5, 0.6) is 0 Å². The molecule has 0 unspecified atom stereocenters. The highest BCUT2D eigenvalue weighted by Crippen LogP contribution is 1.99. The lowest BCUT2D eigenvalue weighted by Gasteiger charge is -1.97. The Morgan fingerprint density at radius 3 is 3.08 bits per heavy atom. The predicted molar refractivity (Wildman–Crippen MR) is 50.0 cm³/mol. The first kappa shape index (κ1) is 9.77. The Hall–Kier alpha value is -1.32. The van der Waals surface area contributed by atoms with Gasteiger partial charge in [0.1, 0.15) is 0 Å². The summed E-state index contributed by atoms with van der Waals surface area (Å²) in [5.74, 6) is -0.333. The lowest BCUT2D eigenvalue weighted by atomic mass is 10.3. The zero-order valence-corrected chi connectivity index (χ0v) is 7.86. The van der Waals surface area contributed by atoms with Gasteiger partial charge in [0.25, 0.3) is 0 Å². The largest absolute Gasteiger partial charge is 0.369 e. The van der Waals surface area contributed by atoms with Crippen LogP contribution in [0.1, 0.15) is 25.5 Å². The Morgan fingerprint density at radius 2 is 2.46 bits per heavy atom. The van der Waals surface area contributed by atoms with E-state index in [1.807, 2.05) is 10.8 Å². The molecule has 0 bridgehead atoms. The van der Waals surface area contributed by atoms with Crippen LogP contribution in [-0.2, 0) is 17.8 Å². The monoisotopic (exact) mass is 181 g/mol. The van der Waals surface area contributed by atoms with Crippen molar-refractivity contribution in [1.82, 2.24) is 9.55 Å². The molecule has 0 aliphatic heterocycles. The van der Waals surface area contributed by atoms with E-state index in [1.54, 1.807) is 6.33 Å². The van der Waals surface area contributed by atoms with Gasteiger partial charge in [0.15, 0.2) is 0 Å². The van der Waals surface area contributed by atoms with Gasteiger partial charge in [0.05, 0.1) is 18.4 Å². The minimum absolute atomic E-state index is 0.235. The molecule has 0 saturated heterocycles. The zero-order valence-electron chi connectivity index (χ0n) is 7.86. The number of hydrogen-bond donors (Lipinski definition) is 1. The summed E-state index contributed by atoms with van der Waals surface area (Å²) < 4.78 is 1.99. The summed E-state index contributed by atoms with van der Waals surface area (Å²) in [7, 11) is 0. The Morgan fingerprint density at radius 1 is 1.69 bits per heavy atom. The van der Waals surface area contributed by atoms with Crippen LogP contribution >= 0.6 is 0 Å². The van der Waals surface area contributed by atoms with Crippen molar-refractivity contribution in [2.24, 2.45) is 5.73 Å². The number of hydrogen-bond acceptors (Lipinski definition) is 2. The standard InChI is InChI=1S/C9H15N3O/c1-2-3-4-12-6-8(11-7-12)5-9(10)13/h6-7H,2-5H2,1H3,(H2,10,13). The summed E-state index contributed by atoms with van der Waals surface area (Å²) in [4.78, 5) is 14.6. The Balaban J connectivity index is 2.48. The van der Waals surface area contributed by atoms with Crippen molar-refractivity contribution in [3.05, 3.63) is 18.2 Å². The maximum absolute atomic E-state index is 10.6. The molecule has 1 aromatic heterocycles. The number of aromatic nitrogens is 2. The summed E-state index contributed by atoms with van der Waals surface area (Å²) in [6, 6.07) is 0. The maximum atomic E-state index is 10.6. The maximum Gasteiger partial charge on any atom is 0.223 e. The molecule has 2 N–H and O–H groups in total. The molecule has 0 aromatic carbocycles. The van der Waals surface area contributed by atoms with E-state index in [2.05, 4.69) is 11.9 Å². The van der Waals surface area contributed by atoms with Gasteiger partial charge in [-0.05, 0) is 6.42 Å². The van der Waals surface area contributed by atoms with Gasteiger partial charge in [-0.3, -0.25) is 4.79 Å². The number of unbranched alkanes of at least 4 members (excludes halogenated alkanes) is 1. The second kappa shape index (κ2) is 4.64. The average molecular weight is 181 g/mol. The Bertz CT molecular complexity index is 280. The summed E-state index contributed by atoms with van der Waals surface area (Å²) in [5.41, 5.74) is 5.80. The number of nitrogens with two attached hydrogens (primary N) is 1. The molecule has 4 nitrogen and oxygen atoms in total. The van der Waals surface area contributed by atoms with Crippen LogP contribution < -0.4 is 5.73 Å². The molecule has 0 fully saturated rings. The van der Waals surface area contributed by atoms with Crippen molar-refractivity contribution >= 4 is 5.91 Å². The first-order valence-electron chi connectivity index (χ1n) is 4.51. The van der Waals surface area contributed by atoms with E-state index < -0.39 is 0 Å². The van der Waals surface area contributed by atoms with E-state index in [4.69, 9.17) is 5.73 Å². The van der Waals surface area contributed by atoms with Crippen LogP contribution in [0.15, 0.2) is 12.5 Å². The molecule has 1 amide bonds. The number of aryl methyl sites for hydroxylation is 1. The summed E-state index contributed by atoms with van der Waals surface area (Å²) in [6.07, 6.45) is 6.14. The molecule has 1 aromatic rings. The highest BCUT2D eigenvalue weighted by atomic mass is 16.1. The molecule has 4 heteroatoms. The van der Waals surface area contributed by atoms with Gasteiger partial charge in [0.2, 0.25) is 5.91 Å². The quantitative estimate of drug-likeness (QED) is 0.727. The molecule has 0 saturated carbocycles. The fraction of sp³-hybridized carbons (Fsp3) is 0.556. The van der Waals surface area contributed by atoms with Gasteiger partial charge in [0, 0.05) is 12.7 Å². The molecule has 13 heavy (non-hydrogen) atoms. The van der Waals surface area contributed by atoms with E-state index in [0.29, 0.717) is 0 Å². The van der Waals surface area contributed by atoms with E-state index in [-0.39, 0.29) is 12.3 Å². The molecular weight excluding hydrogens is 166 g/mol. The van der Waals surface area contributed by atoms with Crippen molar-refractivity contribution in [2.75, 3.05) is 0 Å². The summed E-state index contributed by atoms with van der Waals surface area (Å²) >= 11 is 0. The second-order valence-corrected chi connectivity index (χ2v) is 3.10.